The Kier molecular flexibility index (Phi) is 6.57. The minimum Gasteiger partial charge on any atom is -0.351 e. The second kappa shape index (κ2) is 9.05. The number of nitrogens with zero attached hydrogens (tertiary/aromatic N) is 2. The number of hydrogen-bond acceptors (Lipinski definition) is 2. The Morgan fingerprint density at radius 3 is 2.27 bits per heavy atom. The van der Waals surface area contributed by atoms with E-state index in [1.807, 2.05) is 20.8 Å². The van der Waals surface area contributed by atoms with Gasteiger partial charge in [-0.3, -0.25) is 9.89 Å². The lowest BCUT2D eigenvalue weighted by molar-refractivity contribution is -0.137. The van der Waals surface area contributed by atoms with Crippen LogP contribution in [0.25, 0.3) is 11.3 Å². The Hall–Kier alpha value is -3.69. The topological polar surface area (TPSA) is 82.2 Å². The van der Waals surface area contributed by atoms with Crippen LogP contribution < -0.4 is 10.6 Å². The highest BCUT2D eigenvalue weighted by Gasteiger charge is 2.30. The Morgan fingerprint density at radius 2 is 1.70 bits per heavy atom. The molecule has 0 bridgehead atoms. The summed E-state index contributed by atoms with van der Waals surface area (Å²) in [7, 11) is 0. The molecule has 6 nitrogen and oxygen atoms in total. The van der Waals surface area contributed by atoms with E-state index in [1.165, 1.54) is 6.07 Å². The molecule has 0 atom stereocenters. The summed E-state index contributed by atoms with van der Waals surface area (Å²) in [4.78, 5) is 16.6. The van der Waals surface area contributed by atoms with E-state index in [9.17, 15) is 22.4 Å². The Morgan fingerprint density at radius 1 is 1.03 bits per heavy atom. The van der Waals surface area contributed by atoms with Gasteiger partial charge in [-0.05, 0) is 75.7 Å². The van der Waals surface area contributed by atoms with E-state index < -0.39 is 23.2 Å². The molecule has 0 radical (unpaired) electrons. The fourth-order valence-electron chi connectivity index (χ4n) is 2.88. The molecular weight excluding hydrogens is 438 g/mol. The van der Waals surface area contributed by atoms with Gasteiger partial charge in [0.25, 0.3) is 5.91 Å². The first kappa shape index (κ1) is 24.0. The number of H-pyrrole nitrogens is 1. The minimum atomic E-state index is -4.49. The molecular formula is C23H23F4N5O. The number of aromatic nitrogens is 2. The number of carbonyl (C=O) groups is 1. The van der Waals surface area contributed by atoms with E-state index in [-0.39, 0.29) is 17.3 Å². The lowest BCUT2D eigenvalue weighted by Gasteiger charge is -2.23. The van der Waals surface area contributed by atoms with Crippen molar-refractivity contribution in [3.63, 3.8) is 0 Å². The van der Waals surface area contributed by atoms with E-state index in [0.717, 1.165) is 24.3 Å². The highest BCUT2D eigenvalue weighted by atomic mass is 19.4. The third-order valence-corrected chi connectivity index (χ3v) is 4.45. The molecule has 2 aromatic carbocycles. The molecule has 3 aromatic rings. The molecule has 0 fully saturated rings. The number of alkyl halides is 3. The molecule has 3 rings (SSSR count). The van der Waals surface area contributed by atoms with Crippen molar-refractivity contribution < 1.29 is 22.4 Å². The number of halogens is 4. The summed E-state index contributed by atoms with van der Waals surface area (Å²) in [5, 5.41) is 13.0. The fraction of sp³-hybridized carbons (Fsp3) is 0.261. The van der Waals surface area contributed by atoms with Gasteiger partial charge in [0.05, 0.1) is 11.3 Å². The van der Waals surface area contributed by atoms with E-state index in [4.69, 9.17) is 0 Å². The van der Waals surface area contributed by atoms with Crippen LogP contribution in [-0.4, -0.2) is 27.6 Å². The number of aliphatic imine (C=N–C) groups is 1. The molecule has 33 heavy (non-hydrogen) atoms. The molecule has 0 saturated carbocycles. The monoisotopic (exact) mass is 461 g/mol. The lowest BCUT2D eigenvalue weighted by atomic mass is 10.1. The van der Waals surface area contributed by atoms with Gasteiger partial charge >= 0.3 is 6.18 Å². The van der Waals surface area contributed by atoms with E-state index in [0.29, 0.717) is 22.6 Å². The van der Waals surface area contributed by atoms with Crippen molar-refractivity contribution in [2.45, 2.75) is 39.4 Å². The molecule has 1 heterocycles. The highest BCUT2D eigenvalue weighted by molar-refractivity contribution is 6.06. The van der Waals surface area contributed by atoms with Crippen LogP contribution in [0.15, 0.2) is 53.5 Å². The van der Waals surface area contributed by atoms with E-state index in [1.54, 1.807) is 25.1 Å². The van der Waals surface area contributed by atoms with Crippen molar-refractivity contribution in [1.29, 1.82) is 0 Å². The predicted octanol–water partition coefficient (Wildman–Crippen LogP) is 5.54. The Bertz CT molecular complexity index is 1170. The van der Waals surface area contributed by atoms with Crippen LogP contribution >= 0.6 is 0 Å². The van der Waals surface area contributed by atoms with E-state index in [2.05, 4.69) is 25.8 Å². The molecule has 174 valence electrons. The smallest absolute Gasteiger partial charge is 0.351 e. The van der Waals surface area contributed by atoms with Crippen LogP contribution in [-0.2, 0) is 6.18 Å². The van der Waals surface area contributed by atoms with Gasteiger partial charge in [-0.15, -0.1) is 0 Å². The number of rotatable bonds is 3. The number of amides is 1. The Balaban J connectivity index is 1.84. The average molecular weight is 461 g/mol. The van der Waals surface area contributed by atoms with Crippen LogP contribution in [0.2, 0.25) is 0 Å². The molecule has 0 aliphatic carbocycles. The number of benzene rings is 2. The third kappa shape index (κ3) is 6.41. The maximum absolute atomic E-state index is 13.5. The van der Waals surface area contributed by atoms with Gasteiger partial charge in [-0.25, -0.2) is 4.39 Å². The second-order valence-electron chi connectivity index (χ2n) is 8.47. The number of hydrogen-bond donors (Lipinski definition) is 3. The predicted molar refractivity (Wildman–Crippen MR) is 118 cm³/mol. The molecule has 0 spiro atoms. The van der Waals surface area contributed by atoms with Crippen molar-refractivity contribution >= 4 is 17.7 Å². The largest absolute Gasteiger partial charge is 0.416 e. The second-order valence-corrected chi connectivity index (χ2v) is 8.47. The molecule has 0 saturated heterocycles. The summed E-state index contributed by atoms with van der Waals surface area (Å²) in [5.41, 5.74) is 0.388. The SMILES string of the molecule is Cc1cc(-c2cc(N/C(=N\C(=O)c3ccc(C(F)(F)F)cc3)NC(C)(C)C)[nH]n2)ccc1F. The van der Waals surface area contributed by atoms with Crippen LogP contribution in [0.3, 0.4) is 0 Å². The number of anilines is 1. The van der Waals surface area contributed by atoms with Crippen molar-refractivity contribution in [1.82, 2.24) is 15.5 Å². The summed E-state index contributed by atoms with van der Waals surface area (Å²) in [5.74, 6) is -0.560. The van der Waals surface area contributed by atoms with Gasteiger partial charge < -0.3 is 10.6 Å². The zero-order chi connectivity index (χ0) is 24.4. The number of carbonyl (C=O) groups excluding carboxylic acids is 1. The molecule has 1 amide bonds. The third-order valence-electron chi connectivity index (χ3n) is 4.45. The molecule has 1 aromatic heterocycles. The summed E-state index contributed by atoms with van der Waals surface area (Å²) in [6.45, 7) is 7.21. The standard InChI is InChI=1S/C23H23F4N5O/c1-13-11-15(7-10-17(13)24)18-12-19(32-31-18)28-21(30-22(2,3)4)29-20(33)14-5-8-16(9-6-14)23(25,26)27/h5-12H,1-4H3,(H3,28,29,30,31,32,33). The minimum absolute atomic E-state index is 0.00472. The maximum atomic E-state index is 13.5. The summed E-state index contributed by atoms with van der Waals surface area (Å²) >= 11 is 0. The zero-order valence-electron chi connectivity index (χ0n) is 18.4. The quantitative estimate of drug-likeness (QED) is 0.272. The van der Waals surface area contributed by atoms with Crippen molar-refractivity contribution in [2.75, 3.05) is 5.32 Å². The summed E-state index contributed by atoms with van der Waals surface area (Å²) < 4.78 is 51.8. The van der Waals surface area contributed by atoms with Gasteiger partial charge in [0.1, 0.15) is 11.6 Å². The van der Waals surface area contributed by atoms with Gasteiger partial charge in [0, 0.05) is 22.7 Å². The zero-order valence-corrected chi connectivity index (χ0v) is 18.4. The number of aromatic amines is 1. The maximum Gasteiger partial charge on any atom is 0.416 e. The van der Waals surface area contributed by atoms with Crippen LogP contribution in [0.5, 0.6) is 0 Å². The number of nitrogens with one attached hydrogen (secondary N) is 3. The average Bonchev–Trinajstić information content (AvgIpc) is 3.16. The van der Waals surface area contributed by atoms with Crippen LogP contribution in [0.1, 0.15) is 42.3 Å². The first-order chi connectivity index (χ1) is 15.3. The van der Waals surface area contributed by atoms with Crippen molar-refractivity contribution in [2.24, 2.45) is 4.99 Å². The summed E-state index contributed by atoms with van der Waals surface area (Å²) in [6.07, 6.45) is -4.49. The number of aryl methyl sites for hydroxylation is 1. The van der Waals surface area contributed by atoms with Gasteiger partial charge in [0.2, 0.25) is 5.96 Å². The fourth-order valence-corrected chi connectivity index (χ4v) is 2.88. The molecule has 0 aliphatic heterocycles. The molecule has 3 N–H and O–H groups in total. The van der Waals surface area contributed by atoms with Crippen molar-refractivity contribution in [3.05, 3.63) is 71.0 Å². The molecule has 0 aliphatic rings. The summed E-state index contributed by atoms with van der Waals surface area (Å²) in [6, 6.07) is 10.1. The Labute approximate surface area is 188 Å². The molecule has 0 unspecified atom stereocenters. The van der Waals surface area contributed by atoms with Gasteiger partial charge in [0.15, 0.2) is 0 Å². The lowest BCUT2D eigenvalue weighted by Crippen LogP contribution is -2.44. The normalized spacial score (nSPS) is 12.5. The van der Waals surface area contributed by atoms with Crippen LogP contribution in [0, 0.1) is 12.7 Å². The van der Waals surface area contributed by atoms with E-state index >= 15 is 0 Å². The first-order valence-electron chi connectivity index (χ1n) is 9.99. The van der Waals surface area contributed by atoms with Gasteiger partial charge in [-0.1, -0.05) is 0 Å². The van der Waals surface area contributed by atoms with Crippen molar-refractivity contribution in [3.8, 4) is 11.3 Å². The van der Waals surface area contributed by atoms with Gasteiger partial charge in [-0.2, -0.15) is 23.3 Å². The highest BCUT2D eigenvalue weighted by Crippen LogP contribution is 2.29. The first-order valence-corrected chi connectivity index (χ1v) is 9.99. The number of guanidine groups is 1. The molecule has 10 heteroatoms. The van der Waals surface area contributed by atoms with Crippen LogP contribution in [0.4, 0.5) is 23.4 Å².